The molecule has 1 aromatic heterocycles. The van der Waals surface area contributed by atoms with Gasteiger partial charge in [-0.15, -0.1) is 0 Å². The van der Waals surface area contributed by atoms with Crippen LogP contribution in [0, 0.1) is 0 Å². The second-order valence-corrected chi connectivity index (χ2v) is 6.39. The van der Waals surface area contributed by atoms with E-state index in [1.165, 1.54) is 6.33 Å². The average Bonchev–Trinajstić information content (AvgIpc) is 3.08. The predicted molar refractivity (Wildman–Crippen MR) is 105 cm³/mol. The van der Waals surface area contributed by atoms with Gasteiger partial charge in [0.25, 0.3) is 0 Å². The van der Waals surface area contributed by atoms with E-state index in [1.807, 2.05) is 63.2 Å². The van der Waals surface area contributed by atoms with Gasteiger partial charge in [-0.05, 0) is 19.4 Å². The van der Waals surface area contributed by atoms with Crippen LogP contribution in [0.2, 0.25) is 0 Å². The van der Waals surface area contributed by atoms with Gasteiger partial charge in [0.05, 0.1) is 31.9 Å². The second-order valence-electron chi connectivity index (χ2n) is 6.39. The molecule has 0 saturated heterocycles. The summed E-state index contributed by atoms with van der Waals surface area (Å²) >= 11 is 0. The Morgan fingerprint density at radius 2 is 2.11 bits per heavy atom. The van der Waals surface area contributed by atoms with Crippen molar-refractivity contribution in [2.75, 3.05) is 26.7 Å². The standard InChI is InChI=1S/C19H30N6O2/c1-5-20-19(24(3)12-18-22-14-23-25(18)4)21-11-17(26)13-27-15(2)16-9-7-6-8-10-16/h6-10,14-15,17,26H,5,11-13H2,1-4H3,(H,20,21). The fourth-order valence-corrected chi connectivity index (χ4v) is 2.54. The lowest BCUT2D eigenvalue weighted by Gasteiger charge is -2.22. The molecule has 0 aliphatic rings. The van der Waals surface area contributed by atoms with Crippen molar-refractivity contribution < 1.29 is 9.84 Å². The zero-order valence-electron chi connectivity index (χ0n) is 16.5. The van der Waals surface area contributed by atoms with Gasteiger partial charge in [0, 0.05) is 20.6 Å². The highest BCUT2D eigenvalue weighted by atomic mass is 16.5. The van der Waals surface area contributed by atoms with Crippen LogP contribution in [-0.2, 0) is 18.3 Å². The van der Waals surface area contributed by atoms with Crippen LogP contribution in [0.5, 0.6) is 0 Å². The molecule has 27 heavy (non-hydrogen) atoms. The van der Waals surface area contributed by atoms with E-state index >= 15 is 0 Å². The number of benzene rings is 1. The third kappa shape index (κ3) is 6.65. The van der Waals surface area contributed by atoms with Crippen molar-refractivity contribution in [3.63, 3.8) is 0 Å². The smallest absolute Gasteiger partial charge is 0.194 e. The summed E-state index contributed by atoms with van der Waals surface area (Å²) in [5.74, 6) is 1.54. The number of aliphatic hydroxyl groups excluding tert-OH is 1. The average molecular weight is 374 g/mol. The lowest BCUT2D eigenvalue weighted by Crippen LogP contribution is -2.39. The Kier molecular flexibility index (Phi) is 8.22. The number of hydrogen-bond donors (Lipinski definition) is 2. The molecule has 2 rings (SSSR count). The van der Waals surface area contributed by atoms with Crippen LogP contribution in [0.4, 0.5) is 0 Å². The van der Waals surface area contributed by atoms with Gasteiger partial charge >= 0.3 is 0 Å². The monoisotopic (exact) mass is 374 g/mol. The van der Waals surface area contributed by atoms with Gasteiger partial charge in [0.15, 0.2) is 5.96 Å². The molecule has 0 fully saturated rings. The van der Waals surface area contributed by atoms with E-state index in [0.29, 0.717) is 12.5 Å². The van der Waals surface area contributed by atoms with Crippen molar-refractivity contribution in [1.82, 2.24) is 25.0 Å². The Balaban J connectivity index is 1.86. The number of rotatable bonds is 9. The van der Waals surface area contributed by atoms with Crippen LogP contribution < -0.4 is 5.32 Å². The van der Waals surface area contributed by atoms with Crippen molar-refractivity contribution in [1.29, 1.82) is 0 Å². The van der Waals surface area contributed by atoms with Gasteiger partial charge in [0.1, 0.15) is 12.2 Å². The SMILES string of the molecule is CCNC(=NCC(O)COC(C)c1ccccc1)N(C)Cc1ncnn1C. The minimum absolute atomic E-state index is 0.0725. The number of nitrogens with zero attached hydrogens (tertiary/aromatic N) is 5. The molecule has 1 heterocycles. The predicted octanol–water partition coefficient (Wildman–Crippen LogP) is 1.35. The van der Waals surface area contributed by atoms with Gasteiger partial charge < -0.3 is 20.1 Å². The van der Waals surface area contributed by atoms with E-state index in [-0.39, 0.29) is 19.3 Å². The molecule has 0 spiro atoms. The molecule has 0 amide bonds. The summed E-state index contributed by atoms with van der Waals surface area (Å²) in [5, 5.41) is 17.5. The first-order valence-electron chi connectivity index (χ1n) is 9.18. The quantitative estimate of drug-likeness (QED) is 0.509. The first-order chi connectivity index (χ1) is 13.0. The fraction of sp³-hybridized carbons (Fsp3) is 0.526. The Morgan fingerprint density at radius 1 is 1.37 bits per heavy atom. The molecule has 148 valence electrons. The molecule has 2 unspecified atom stereocenters. The van der Waals surface area contributed by atoms with E-state index in [4.69, 9.17) is 4.74 Å². The van der Waals surface area contributed by atoms with Crippen LogP contribution in [0.1, 0.15) is 31.3 Å². The van der Waals surface area contributed by atoms with E-state index in [0.717, 1.165) is 17.9 Å². The van der Waals surface area contributed by atoms with Crippen LogP contribution in [0.25, 0.3) is 0 Å². The highest BCUT2D eigenvalue weighted by Crippen LogP contribution is 2.15. The third-order valence-corrected chi connectivity index (χ3v) is 4.14. The lowest BCUT2D eigenvalue weighted by molar-refractivity contribution is 0.00105. The van der Waals surface area contributed by atoms with E-state index in [9.17, 15) is 5.11 Å². The molecule has 2 atom stereocenters. The van der Waals surface area contributed by atoms with Gasteiger partial charge in [-0.2, -0.15) is 5.10 Å². The Morgan fingerprint density at radius 3 is 2.74 bits per heavy atom. The van der Waals surface area contributed by atoms with E-state index in [1.54, 1.807) is 4.68 Å². The van der Waals surface area contributed by atoms with E-state index < -0.39 is 6.10 Å². The first-order valence-corrected chi connectivity index (χ1v) is 9.18. The minimum atomic E-state index is -0.673. The van der Waals surface area contributed by atoms with Crippen molar-refractivity contribution in [2.45, 2.75) is 32.6 Å². The largest absolute Gasteiger partial charge is 0.389 e. The van der Waals surface area contributed by atoms with Gasteiger partial charge in [-0.3, -0.25) is 9.67 Å². The summed E-state index contributed by atoms with van der Waals surface area (Å²) in [6.45, 7) is 5.77. The molecule has 0 aliphatic carbocycles. The summed E-state index contributed by atoms with van der Waals surface area (Å²) in [7, 11) is 3.78. The van der Waals surface area contributed by atoms with Crippen molar-refractivity contribution in [3.8, 4) is 0 Å². The second kappa shape index (κ2) is 10.6. The minimum Gasteiger partial charge on any atom is -0.389 e. The topological polar surface area (TPSA) is 87.8 Å². The Bertz CT molecular complexity index is 703. The first kappa shape index (κ1) is 20.9. The molecule has 2 aromatic rings. The molecular weight excluding hydrogens is 344 g/mol. The molecule has 1 aromatic carbocycles. The highest BCUT2D eigenvalue weighted by Gasteiger charge is 2.13. The molecule has 0 radical (unpaired) electrons. The number of guanidine groups is 1. The Hall–Kier alpha value is -2.45. The summed E-state index contributed by atoms with van der Waals surface area (Å²) in [6.07, 6.45) is 0.784. The fourth-order valence-electron chi connectivity index (χ4n) is 2.54. The number of aliphatic imine (C=N–C) groups is 1. The zero-order valence-corrected chi connectivity index (χ0v) is 16.5. The molecule has 0 aliphatic heterocycles. The normalized spacial score (nSPS) is 14.0. The van der Waals surface area contributed by atoms with Crippen LogP contribution in [0.15, 0.2) is 41.7 Å². The van der Waals surface area contributed by atoms with Gasteiger partial charge in [-0.1, -0.05) is 30.3 Å². The number of hydrogen-bond acceptors (Lipinski definition) is 5. The van der Waals surface area contributed by atoms with Gasteiger partial charge in [0.2, 0.25) is 0 Å². The Labute approximate surface area is 160 Å². The third-order valence-electron chi connectivity index (χ3n) is 4.14. The number of aryl methyl sites for hydroxylation is 1. The van der Waals surface area contributed by atoms with Crippen LogP contribution >= 0.6 is 0 Å². The summed E-state index contributed by atoms with van der Waals surface area (Å²) in [6, 6.07) is 9.95. The molecular formula is C19H30N6O2. The number of aromatic nitrogens is 3. The van der Waals surface area contributed by atoms with Crippen molar-refractivity contribution in [3.05, 3.63) is 48.0 Å². The van der Waals surface area contributed by atoms with Gasteiger partial charge in [-0.25, -0.2) is 4.98 Å². The van der Waals surface area contributed by atoms with Crippen molar-refractivity contribution in [2.24, 2.45) is 12.0 Å². The maximum Gasteiger partial charge on any atom is 0.194 e. The maximum absolute atomic E-state index is 10.2. The van der Waals surface area contributed by atoms with E-state index in [2.05, 4.69) is 20.4 Å². The molecule has 0 bridgehead atoms. The summed E-state index contributed by atoms with van der Waals surface area (Å²) in [5.41, 5.74) is 1.09. The molecule has 0 saturated carbocycles. The number of nitrogens with one attached hydrogen (secondary N) is 1. The summed E-state index contributed by atoms with van der Waals surface area (Å²) in [4.78, 5) is 10.7. The van der Waals surface area contributed by atoms with Crippen LogP contribution in [0.3, 0.4) is 0 Å². The molecule has 8 nitrogen and oxygen atoms in total. The molecule has 2 N–H and O–H groups in total. The zero-order chi connectivity index (χ0) is 19.6. The van der Waals surface area contributed by atoms with Crippen LogP contribution in [-0.4, -0.2) is 63.6 Å². The highest BCUT2D eigenvalue weighted by molar-refractivity contribution is 5.79. The maximum atomic E-state index is 10.2. The number of ether oxygens (including phenoxy) is 1. The van der Waals surface area contributed by atoms with Crippen molar-refractivity contribution >= 4 is 5.96 Å². The lowest BCUT2D eigenvalue weighted by atomic mass is 10.1. The summed E-state index contributed by atoms with van der Waals surface area (Å²) < 4.78 is 7.50. The number of aliphatic hydroxyl groups is 1. The molecule has 8 heteroatoms.